The Morgan fingerprint density at radius 2 is 0.740 bits per heavy atom. The number of benzene rings is 9. The van der Waals surface area contributed by atoms with Crippen LogP contribution in [-0.2, 0) is 0 Å². The molecule has 2 heterocycles. The van der Waals surface area contributed by atoms with Crippen molar-refractivity contribution in [2.45, 2.75) is 0 Å². The highest BCUT2D eigenvalue weighted by atomic mass is 16.4. The number of para-hydroxylation sites is 1. The van der Waals surface area contributed by atoms with Gasteiger partial charge >= 0.3 is 0 Å². The zero-order chi connectivity index (χ0) is 32.8. The van der Waals surface area contributed by atoms with Crippen molar-refractivity contribution >= 4 is 76.2 Å². The predicted octanol–water partition coefficient (Wildman–Crippen LogP) is 13.9. The summed E-state index contributed by atoms with van der Waals surface area (Å²) in [4.78, 5) is 0. The molecule has 232 valence electrons. The van der Waals surface area contributed by atoms with Crippen LogP contribution in [0.5, 0.6) is 0 Å². The summed E-state index contributed by atoms with van der Waals surface area (Å²) in [5.74, 6) is 0. The van der Waals surface area contributed by atoms with Gasteiger partial charge in [-0.1, -0.05) is 140 Å². The zero-order valence-corrected chi connectivity index (χ0v) is 27.0. The standard InChI is InChI=1S/C48H28O2/c1-2-12-29(13-3-1)45-35-17-6-8-19-37(35)46(38-20-9-7-18-36(38)45)39-24-23-31(32-14-4-5-15-33(32)39)30-22-27-44-42(28-30)41-26-25-40-34-16-10-11-21-43(34)49-47(40)48(41)50-44/h1-28H. The summed E-state index contributed by atoms with van der Waals surface area (Å²) in [7, 11) is 0. The Labute approximate surface area is 287 Å². The number of hydrogen-bond acceptors (Lipinski definition) is 2. The average Bonchev–Trinajstić information content (AvgIpc) is 3.75. The highest BCUT2D eigenvalue weighted by Crippen LogP contribution is 2.47. The monoisotopic (exact) mass is 636 g/mol. The van der Waals surface area contributed by atoms with E-state index in [1.54, 1.807) is 0 Å². The van der Waals surface area contributed by atoms with Crippen molar-refractivity contribution < 1.29 is 8.83 Å². The van der Waals surface area contributed by atoms with Gasteiger partial charge in [-0.15, -0.1) is 0 Å². The molecule has 0 fully saturated rings. The summed E-state index contributed by atoms with van der Waals surface area (Å²) >= 11 is 0. The van der Waals surface area contributed by atoms with Crippen molar-refractivity contribution in [1.29, 1.82) is 0 Å². The van der Waals surface area contributed by atoms with Crippen LogP contribution in [0.2, 0.25) is 0 Å². The molecule has 0 bridgehead atoms. The third-order valence-electron chi connectivity index (χ3n) is 10.5. The Morgan fingerprint density at radius 3 is 1.40 bits per heavy atom. The molecule has 0 aliphatic heterocycles. The summed E-state index contributed by atoms with van der Waals surface area (Å²) < 4.78 is 12.8. The van der Waals surface area contributed by atoms with Crippen LogP contribution < -0.4 is 0 Å². The normalized spacial score (nSPS) is 12.0. The van der Waals surface area contributed by atoms with Crippen molar-refractivity contribution in [3.8, 4) is 33.4 Å². The fraction of sp³-hybridized carbons (Fsp3) is 0. The molecule has 0 atom stereocenters. The maximum absolute atomic E-state index is 6.48. The topological polar surface area (TPSA) is 26.3 Å². The van der Waals surface area contributed by atoms with E-state index in [4.69, 9.17) is 8.83 Å². The van der Waals surface area contributed by atoms with E-state index in [1.165, 1.54) is 60.1 Å². The first-order chi connectivity index (χ1) is 24.8. The molecule has 50 heavy (non-hydrogen) atoms. The van der Waals surface area contributed by atoms with E-state index >= 15 is 0 Å². The average molecular weight is 637 g/mol. The lowest BCUT2D eigenvalue weighted by Gasteiger charge is -2.19. The maximum atomic E-state index is 6.48. The minimum Gasteiger partial charge on any atom is -0.452 e. The van der Waals surface area contributed by atoms with Crippen molar-refractivity contribution in [3.05, 3.63) is 170 Å². The third-order valence-corrected chi connectivity index (χ3v) is 10.5. The molecule has 0 unspecified atom stereocenters. The number of furan rings is 2. The van der Waals surface area contributed by atoms with Gasteiger partial charge in [0, 0.05) is 21.5 Å². The summed E-state index contributed by atoms with van der Waals surface area (Å²) in [5, 5.41) is 11.8. The van der Waals surface area contributed by atoms with Gasteiger partial charge in [0.15, 0.2) is 11.2 Å². The molecule has 0 aliphatic carbocycles. The largest absolute Gasteiger partial charge is 0.452 e. The summed E-state index contributed by atoms with van der Waals surface area (Å²) in [6.07, 6.45) is 0. The fourth-order valence-corrected chi connectivity index (χ4v) is 8.29. The third kappa shape index (κ3) is 3.85. The van der Waals surface area contributed by atoms with Gasteiger partial charge in [0.1, 0.15) is 11.2 Å². The van der Waals surface area contributed by atoms with Crippen LogP contribution in [0, 0.1) is 0 Å². The van der Waals surface area contributed by atoms with E-state index in [9.17, 15) is 0 Å². The Morgan fingerprint density at radius 1 is 0.260 bits per heavy atom. The van der Waals surface area contributed by atoms with Gasteiger partial charge in [-0.25, -0.2) is 0 Å². The summed E-state index contributed by atoms with van der Waals surface area (Å²) in [6, 6.07) is 61.0. The van der Waals surface area contributed by atoms with E-state index in [2.05, 4.69) is 152 Å². The molecule has 0 aliphatic rings. The predicted molar refractivity (Wildman–Crippen MR) is 210 cm³/mol. The lowest BCUT2D eigenvalue weighted by atomic mass is 9.84. The molecule has 2 nitrogen and oxygen atoms in total. The molecular weight excluding hydrogens is 609 g/mol. The van der Waals surface area contributed by atoms with Crippen LogP contribution in [0.25, 0.3) is 110 Å². The smallest absolute Gasteiger partial charge is 0.178 e. The molecule has 11 rings (SSSR count). The van der Waals surface area contributed by atoms with Gasteiger partial charge in [0.05, 0.1) is 0 Å². The van der Waals surface area contributed by atoms with Gasteiger partial charge in [0.25, 0.3) is 0 Å². The van der Waals surface area contributed by atoms with Crippen molar-refractivity contribution in [2.24, 2.45) is 0 Å². The van der Waals surface area contributed by atoms with Crippen LogP contribution in [0.15, 0.2) is 179 Å². The number of fused-ring (bicyclic) bond motifs is 10. The minimum absolute atomic E-state index is 0.795. The molecule has 2 aromatic heterocycles. The van der Waals surface area contributed by atoms with Crippen LogP contribution in [0.4, 0.5) is 0 Å². The fourth-order valence-electron chi connectivity index (χ4n) is 8.29. The minimum atomic E-state index is 0.795. The van der Waals surface area contributed by atoms with Gasteiger partial charge in [0.2, 0.25) is 0 Å². The maximum Gasteiger partial charge on any atom is 0.178 e. The zero-order valence-electron chi connectivity index (χ0n) is 27.0. The van der Waals surface area contributed by atoms with E-state index in [0.29, 0.717) is 0 Å². The highest BCUT2D eigenvalue weighted by molar-refractivity contribution is 6.24. The molecule has 2 heteroatoms. The van der Waals surface area contributed by atoms with Crippen molar-refractivity contribution in [1.82, 2.24) is 0 Å². The second kappa shape index (κ2) is 10.4. The lowest BCUT2D eigenvalue weighted by Crippen LogP contribution is -1.92. The Kier molecular flexibility index (Phi) is 5.70. The number of hydrogen-bond donors (Lipinski definition) is 0. The molecule has 9 aromatic carbocycles. The van der Waals surface area contributed by atoms with E-state index in [-0.39, 0.29) is 0 Å². The second-order valence-corrected chi connectivity index (χ2v) is 13.1. The summed E-state index contributed by atoms with van der Waals surface area (Å²) in [6.45, 7) is 0. The van der Waals surface area contributed by atoms with Gasteiger partial charge < -0.3 is 8.83 Å². The Hall–Kier alpha value is -6.64. The molecule has 0 saturated carbocycles. The molecule has 0 N–H and O–H groups in total. The Bertz CT molecular complexity index is 3080. The molecular formula is C48H28O2. The first-order valence-electron chi connectivity index (χ1n) is 17.1. The van der Waals surface area contributed by atoms with Crippen LogP contribution in [0.1, 0.15) is 0 Å². The second-order valence-electron chi connectivity index (χ2n) is 13.1. The molecule has 0 radical (unpaired) electrons. The van der Waals surface area contributed by atoms with Gasteiger partial charge in [-0.2, -0.15) is 0 Å². The molecule has 0 saturated heterocycles. The van der Waals surface area contributed by atoms with Gasteiger partial charge in [-0.05, 0) is 96.0 Å². The van der Waals surface area contributed by atoms with Crippen molar-refractivity contribution in [3.63, 3.8) is 0 Å². The van der Waals surface area contributed by atoms with E-state index in [1.807, 2.05) is 18.2 Å². The van der Waals surface area contributed by atoms with Gasteiger partial charge in [-0.3, -0.25) is 0 Å². The SMILES string of the molecule is c1ccc(-c2c3ccccc3c(-c3ccc(-c4ccc5oc6c(ccc7c8ccccc8oc76)c5c4)c4ccccc34)c3ccccc23)cc1. The first-order valence-corrected chi connectivity index (χ1v) is 17.1. The molecule has 0 spiro atoms. The quantitative estimate of drug-likeness (QED) is 0.180. The van der Waals surface area contributed by atoms with Crippen molar-refractivity contribution in [2.75, 3.05) is 0 Å². The summed E-state index contributed by atoms with van der Waals surface area (Å²) in [5.41, 5.74) is 10.7. The first kappa shape index (κ1) is 27.3. The lowest BCUT2D eigenvalue weighted by molar-refractivity contribution is 0.633. The van der Waals surface area contributed by atoms with E-state index in [0.717, 1.165) is 49.4 Å². The molecule has 0 amide bonds. The van der Waals surface area contributed by atoms with Crippen LogP contribution in [0.3, 0.4) is 0 Å². The van der Waals surface area contributed by atoms with Crippen LogP contribution >= 0.6 is 0 Å². The van der Waals surface area contributed by atoms with Crippen LogP contribution in [-0.4, -0.2) is 0 Å². The molecule has 11 aromatic rings. The Balaban J connectivity index is 1.15. The highest BCUT2D eigenvalue weighted by Gasteiger charge is 2.20. The number of rotatable bonds is 3. The van der Waals surface area contributed by atoms with E-state index < -0.39 is 0 Å².